The molecule has 0 saturated heterocycles. The number of nitrogens with zero attached hydrogens (tertiary/aromatic N) is 1. The van der Waals surface area contributed by atoms with E-state index in [2.05, 4.69) is 13.8 Å². The van der Waals surface area contributed by atoms with Crippen LogP contribution in [0.4, 0.5) is 5.69 Å². The number of rotatable bonds is 5. The molecule has 4 nitrogen and oxygen atoms in total. The second kappa shape index (κ2) is 6.11. The summed E-state index contributed by atoms with van der Waals surface area (Å²) in [5, 5.41) is 0.211. The molecule has 0 spiro atoms. The van der Waals surface area contributed by atoms with Crippen LogP contribution in [0.5, 0.6) is 0 Å². The van der Waals surface area contributed by atoms with Gasteiger partial charge in [0.1, 0.15) is 4.90 Å². The molecule has 1 rings (SSSR count). The van der Waals surface area contributed by atoms with Crippen molar-refractivity contribution in [1.82, 2.24) is 4.31 Å². The summed E-state index contributed by atoms with van der Waals surface area (Å²) in [4.78, 5) is 0.0727. The zero-order valence-corrected chi connectivity index (χ0v) is 13.3. The summed E-state index contributed by atoms with van der Waals surface area (Å²) < 4.78 is 26.2. The molecule has 0 atom stereocenters. The molecule has 108 valence electrons. The fourth-order valence-electron chi connectivity index (χ4n) is 1.59. The van der Waals surface area contributed by atoms with Crippen LogP contribution in [0.3, 0.4) is 0 Å². The molecule has 0 fully saturated rings. The van der Waals surface area contributed by atoms with E-state index in [1.54, 1.807) is 20.0 Å². The number of hydrogen-bond acceptors (Lipinski definition) is 3. The molecule has 0 heterocycles. The van der Waals surface area contributed by atoms with Crippen LogP contribution in [-0.2, 0) is 10.0 Å². The van der Waals surface area contributed by atoms with Gasteiger partial charge >= 0.3 is 0 Å². The fourth-order valence-corrected chi connectivity index (χ4v) is 3.37. The first-order chi connectivity index (χ1) is 8.66. The largest absolute Gasteiger partial charge is 0.398 e. The lowest BCUT2D eigenvalue weighted by molar-refractivity contribution is 0.428. The molecule has 0 bridgehead atoms. The molecule has 19 heavy (non-hydrogen) atoms. The van der Waals surface area contributed by atoms with Crippen molar-refractivity contribution < 1.29 is 8.42 Å². The van der Waals surface area contributed by atoms with Crippen LogP contribution in [0.15, 0.2) is 17.0 Å². The number of benzene rings is 1. The molecule has 0 aliphatic rings. The van der Waals surface area contributed by atoms with Crippen LogP contribution >= 0.6 is 11.6 Å². The lowest BCUT2D eigenvalue weighted by Crippen LogP contribution is -2.29. The Morgan fingerprint density at radius 1 is 1.37 bits per heavy atom. The molecule has 0 aliphatic carbocycles. The van der Waals surface area contributed by atoms with E-state index in [0.717, 1.165) is 12.0 Å². The minimum atomic E-state index is -3.58. The van der Waals surface area contributed by atoms with Gasteiger partial charge in [-0.3, -0.25) is 0 Å². The zero-order chi connectivity index (χ0) is 14.8. The first-order valence-corrected chi connectivity index (χ1v) is 8.00. The van der Waals surface area contributed by atoms with E-state index >= 15 is 0 Å². The Hall–Kier alpha value is -0.780. The summed E-state index contributed by atoms with van der Waals surface area (Å²) in [6, 6.07) is 3.01. The SMILES string of the molecule is Cc1cc(Cl)c(S(=O)(=O)N(C)CCC(C)C)cc1N. The van der Waals surface area contributed by atoms with E-state index < -0.39 is 10.0 Å². The minimum absolute atomic E-state index is 0.0727. The van der Waals surface area contributed by atoms with Gasteiger partial charge in [-0.2, -0.15) is 0 Å². The van der Waals surface area contributed by atoms with Crippen LogP contribution in [-0.4, -0.2) is 26.3 Å². The van der Waals surface area contributed by atoms with Gasteiger partial charge in [-0.15, -0.1) is 0 Å². The molecule has 1 aromatic rings. The summed E-state index contributed by atoms with van der Waals surface area (Å²) in [6.07, 6.45) is 0.800. The molecule has 1 aromatic carbocycles. The molecule has 0 amide bonds. The monoisotopic (exact) mass is 304 g/mol. The molecule has 0 aromatic heterocycles. The highest BCUT2D eigenvalue weighted by molar-refractivity contribution is 7.89. The average Bonchev–Trinajstić information content (AvgIpc) is 2.30. The predicted molar refractivity (Wildman–Crippen MR) is 79.9 cm³/mol. The van der Waals surface area contributed by atoms with Crippen molar-refractivity contribution in [3.63, 3.8) is 0 Å². The number of nitrogen functional groups attached to an aromatic ring is 1. The fraction of sp³-hybridized carbons (Fsp3) is 0.538. The molecular formula is C13H21ClN2O2S. The van der Waals surface area contributed by atoms with Crippen molar-refractivity contribution in [1.29, 1.82) is 0 Å². The molecular weight excluding hydrogens is 284 g/mol. The van der Waals surface area contributed by atoms with E-state index in [0.29, 0.717) is 18.2 Å². The van der Waals surface area contributed by atoms with E-state index in [4.69, 9.17) is 17.3 Å². The van der Waals surface area contributed by atoms with Crippen molar-refractivity contribution >= 4 is 27.3 Å². The maximum atomic E-state index is 12.4. The highest BCUT2D eigenvalue weighted by Crippen LogP contribution is 2.28. The second-order valence-electron chi connectivity index (χ2n) is 5.15. The maximum Gasteiger partial charge on any atom is 0.244 e. The lowest BCUT2D eigenvalue weighted by Gasteiger charge is -2.19. The Kier molecular flexibility index (Phi) is 5.24. The number of anilines is 1. The molecule has 2 N–H and O–H groups in total. The van der Waals surface area contributed by atoms with Crippen LogP contribution in [0.25, 0.3) is 0 Å². The van der Waals surface area contributed by atoms with Crippen molar-refractivity contribution in [3.05, 3.63) is 22.7 Å². The second-order valence-corrected chi connectivity index (χ2v) is 7.57. The third-order valence-electron chi connectivity index (χ3n) is 3.03. The third kappa shape index (κ3) is 3.84. The van der Waals surface area contributed by atoms with Gasteiger partial charge in [-0.1, -0.05) is 25.4 Å². The Morgan fingerprint density at radius 2 is 1.95 bits per heavy atom. The number of halogens is 1. The third-order valence-corrected chi connectivity index (χ3v) is 5.35. The Labute approximate surface area is 120 Å². The number of hydrogen-bond donors (Lipinski definition) is 1. The standard InChI is InChI=1S/C13H21ClN2O2S/c1-9(2)5-6-16(4)19(17,18)13-8-12(15)10(3)7-11(13)14/h7-9H,5-6,15H2,1-4H3. The summed E-state index contributed by atoms with van der Waals surface area (Å²) in [5.74, 6) is 0.441. The van der Waals surface area contributed by atoms with Gasteiger partial charge in [0.15, 0.2) is 0 Å². The summed E-state index contributed by atoms with van der Waals surface area (Å²) in [6.45, 7) is 6.36. The van der Waals surface area contributed by atoms with Gasteiger partial charge in [0.2, 0.25) is 10.0 Å². The first kappa shape index (κ1) is 16.3. The highest BCUT2D eigenvalue weighted by atomic mass is 35.5. The van der Waals surface area contributed by atoms with Gasteiger partial charge in [-0.05, 0) is 37.0 Å². The number of aryl methyl sites for hydroxylation is 1. The quantitative estimate of drug-likeness (QED) is 0.851. The minimum Gasteiger partial charge on any atom is -0.398 e. The lowest BCUT2D eigenvalue weighted by atomic mass is 10.1. The summed E-state index contributed by atoms with van der Waals surface area (Å²) >= 11 is 6.03. The topological polar surface area (TPSA) is 63.4 Å². The van der Waals surface area contributed by atoms with Gasteiger partial charge in [0.05, 0.1) is 5.02 Å². The smallest absolute Gasteiger partial charge is 0.244 e. The van der Waals surface area contributed by atoms with E-state index in [1.165, 1.54) is 10.4 Å². The Bertz CT molecular complexity index is 556. The Morgan fingerprint density at radius 3 is 2.47 bits per heavy atom. The number of nitrogens with two attached hydrogens (primary N) is 1. The van der Waals surface area contributed by atoms with Gasteiger partial charge in [0, 0.05) is 19.3 Å². The van der Waals surface area contributed by atoms with E-state index in [-0.39, 0.29) is 9.92 Å². The highest BCUT2D eigenvalue weighted by Gasteiger charge is 2.24. The maximum absolute atomic E-state index is 12.4. The van der Waals surface area contributed by atoms with Gasteiger partial charge < -0.3 is 5.73 Å². The zero-order valence-electron chi connectivity index (χ0n) is 11.8. The average molecular weight is 305 g/mol. The van der Waals surface area contributed by atoms with Crippen LogP contribution < -0.4 is 5.73 Å². The van der Waals surface area contributed by atoms with Crippen molar-refractivity contribution in [2.24, 2.45) is 5.92 Å². The summed E-state index contributed by atoms with van der Waals surface area (Å²) in [5.41, 5.74) is 6.97. The number of sulfonamides is 1. The van der Waals surface area contributed by atoms with Crippen molar-refractivity contribution in [3.8, 4) is 0 Å². The van der Waals surface area contributed by atoms with E-state index in [9.17, 15) is 8.42 Å². The van der Waals surface area contributed by atoms with Crippen LogP contribution in [0, 0.1) is 12.8 Å². The molecule has 0 aliphatic heterocycles. The van der Waals surface area contributed by atoms with Crippen molar-refractivity contribution in [2.45, 2.75) is 32.1 Å². The van der Waals surface area contributed by atoms with Gasteiger partial charge in [-0.25, -0.2) is 12.7 Å². The first-order valence-electron chi connectivity index (χ1n) is 6.18. The van der Waals surface area contributed by atoms with Crippen LogP contribution in [0.2, 0.25) is 5.02 Å². The van der Waals surface area contributed by atoms with Crippen LogP contribution in [0.1, 0.15) is 25.8 Å². The molecule has 6 heteroatoms. The molecule has 0 radical (unpaired) electrons. The van der Waals surface area contributed by atoms with E-state index in [1.807, 2.05) is 0 Å². The predicted octanol–water partition coefficient (Wildman–Crippen LogP) is 2.90. The van der Waals surface area contributed by atoms with Gasteiger partial charge in [0.25, 0.3) is 0 Å². The Balaban J connectivity index is 3.10. The summed E-state index contributed by atoms with van der Waals surface area (Å²) in [7, 11) is -2.02. The molecule has 0 saturated carbocycles. The molecule has 0 unspecified atom stereocenters. The normalized spacial score (nSPS) is 12.4. The van der Waals surface area contributed by atoms with Crippen molar-refractivity contribution in [2.75, 3.05) is 19.3 Å².